The topological polar surface area (TPSA) is 69.7 Å². The second-order valence-corrected chi connectivity index (χ2v) is 9.07. The van der Waals surface area contributed by atoms with E-state index in [1.807, 2.05) is 0 Å². The van der Waals surface area contributed by atoms with E-state index in [1.165, 1.54) is 19.3 Å². The summed E-state index contributed by atoms with van der Waals surface area (Å²) in [5.74, 6) is -0.312. The summed E-state index contributed by atoms with van der Waals surface area (Å²) < 4.78 is 25.4. The molecule has 1 saturated heterocycles. The predicted octanol–water partition coefficient (Wildman–Crippen LogP) is 2.41. The highest BCUT2D eigenvalue weighted by Gasteiger charge is 2.23. The van der Waals surface area contributed by atoms with Crippen LogP contribution in [0.5, 0.6) is 0 Å². The minimum atomic E-state index is -3.59. The minimum Gasteiger partial charge on any atom is -0.354 e. The number of nitrogens with zero attached hydrogens (tertiary/aromatic N) is 2. The van der Waals surface area contributed by atoms with Crippen molar-refractivity contribution >= 4 is 33.2 Å². The minimum absolute atomic E-state index is 0.246. The van der Waals surface area contributed by atoms with Crippen molar-refractivity contribution < 1.29 is 13.2 Å². The maximum absolute atomic E-state index is 12.3. The Kier molecular flexibility index (Phi) is 7.73. The van der Waals surface area contributed by atoms with Crippen molar-refractivity contribution in [1.29, 1.82) is 0 Å². The molecule has 0 atom stereocenters. The second-order valence-electron chi connectivity index (χ2n) is 6.76. The van der Waals surface area contributed by atoms with Crippen molar-refractivity contribution in [3.05, 3.63) is 28.8 Å². The summed E-state index contributed by atoms with van der Waals surface area (Å²) in [5, 5.41) is 3.29. The monoisotopic (exact) mass is 401 g/mol. The SMILES string of the molecule is Cc1c(Cl)cccc1N(CC(=O)NCCCN1CCCCC1)S(C)(=O)=O. The summed E-state index contributed by atoms with van der Waals surface area (Å²) in [5.41, 5.74) is 1.07. The van der Waals surface area contributed by atoms with E-state index >= 15 is 0 Å². The fraction of sp³-hybridized carbons (Fsp3) is 0.611. The van der Waals surface area contributed by atoms with Crippen LogP contribution in [0, 0.1) is 6.92 Å². The van der Waals surface area contributed by atoms with Gasteiger partial charge < -0.3 is 10.2 Å². The van der Waals surface area contributed by atoms with Crippen LogP contribution in [0.3, 0.4) is 0 Å². The highest BCUT2D eigenvalue weighted by molar-refractivity contribution is 7.92. The van der Waals surface area contributed by atoms with Crippen molar-refractivity contribution in [2.75, 3.05) is 43.3 Å². The summed E-state index contributed by atoms with van der Waals surface area (Å²) >= 11 is 6.09. The van der Waals surface area contributed by atoms with E-state index < -0.39 is 10.0 Å². The van der Waals surface area contributed by atoms with Gasteiger partial charge in [-0.2, -0.15) is 0 Å². The number of rotatable bonds is 8. The number of anilines is 1. The van der Waals surface area contributed by atoms with Crippen LogP contribution < -0.4 is 9.62 Å². The van der Waals surface area contributed by atoms with Gasteiger partial charge in [0.05, 0.1) is 11.9 Å². The van der Waals surface area contributed by atoms with Gasteiger partial charge in [0.2, 0.25) is 15.9 Å². The van der Waals surface area contributed by atoms with Crippen molar-refractivity contribution in [3.8, 4) is 0 Å². The molecule has 8 heteroatoms. The molecule has 26 heavy (non-hydrogen) atoms. The molecule has 6 nitrogen and oxygen atoms in total. The molecule has 1 aliphatic rings. The average Bonchev–Trinajstić information content (AvgIpc) is 2.59. The zero-order valence-electron chi connectivity index (χ0n) is 15.5. The van der Waals surface area contributed by atoms with Crippen LogP contribution in [0.2, 0.25) is 5.02 Å². The summed E-state index contributed by atoms with van der Waals surface area (Å²) in [6, 6.07) is 5.03. The van der Waals surface area contributed by atoms with Gasteiger partial charge in [-0.15, -0.1) is 0 Å². The Morgan fingerprint density at radius 3 is 2.62 bits per heavy atom. The zero-order chi connectivity index (χ0) is 19.2. The molecule has 1 aliphatic heterocycles. The maximum Gasteiger partial charge on any atom is 0.240 e. The standard InChI is InChI=1S/C18H28ClN3O3S/c1-15-16(19)8-6-9-17(15)22(26(2,24)25)14-18(23)20-10-7-13-21-11-4-3-5-12-21/h6,8-9H,3-5,7,10-14H2,1-2H3,(H,20,23). The van der Waals surface area contributed by atoms with Gasteiger partial charge in [-0.1, -0.05) is 24.1 Å². The Morgan fingerprint density at radius 1 is 1.27 bits per heavy atom. The number of carbonyl (C=O) groups is 1. The van der Waals surface area contributed by atoms with Crippen molar-refractivity contribution in [2.45, 2.75) is 32.6 Å². The van der Waals surface area contributed by atoms with E-state index in [9.17, 15) is 13.2 Å². The van der Waals surface area contributed by atoms with E-state index in [1.54, 1.807) is 25.1 Å². The second kappa shape index (κ2) is 9.58. The molecule has 0 aromatic heterocycles. The Morgan fingerprint density at radius 2 is 1.96 bits per heavy atom. The lowest BCUT2D eigenvalue weighted by molar-refractivity contribution is -0.119. The largest absolute Gasteiger partial charge is 0.354 e. The lowest BCUT2D eigenvalue weighted by atomic mass is 10.1. The first kappa shape index (κ1) is 21.0. The van der Waals surface area contributed by atoms with Crippen molar-refractivity contribution in [1.82, 2.24) is 10.2 Å². The first-order valence-electron chi connectivity index (χ1n) is 9.01. The van der Waals surface area contributed by atoms with Gasteiger partial charge in [0.25, 0.3) is 0 Å². The number of piperidine rings is 1. The van der Waals surface area contributed by atoms with Crippen LogP contribution in [0.1, 0.15) is 31.2 Å². The lowest BCUT2D eigenvalue weighted by Gasteiger charge is -2.26. The average molecular weight is 402 g/mol. The highest BCUT2D eigenvalue weighted by atomic mass is 35.5. The first-order valence-corrected chi connectivity index (χ1v) is 11.2. The molecular formula is C18H28ClN3O3S. The zero-order valence-corrected chi connectivity index (χ0v) is 17.1. The van der Waals surface area contributed by atoms with Gasteiger partial charge in [0, 0.05) is 11.6 Å². The third kappa shape index (κ3) is 6.14. The van der Waals surface area contributed by atoms with Gasteiger partial charge in [-0.05, 0) is 63.5 Å². The van der Waals surface area contributed by atoms with Gasteiger partial charge >= 0.3 is 0 Å². The molecular weight excluding hydrogens is 374 g/mol. The van der Waals surface area contributed by atoms with Crippen LogP contribution >= 0.6 is 11.6 Å². The number of hydrogen-bond donors (Lipinski definition) is 1. The summed E-state index contributed by atoms with van der Waals surface area (Å²) in [6.07, 6.45) is 5.75. The van der Waals surface area contributed by atoms with Gasteiger partial charge in [-0.3, -0.25) is 9.10 Å². The number of sulfonamides is 1. The number of carbonyl (C=O) groups excluding carboxylic acids is 1. The molecule has 1 fully saturated rings. The van der Waals surface area contributed by atoms with Crippen molar-refractivity contribution in [3.63, 3.8) is 0 Å². The van der Waals surface area contributed by atoms with Crippen LogP contribution in [0.25, 0.3) is 0 Å². The summed E-state index contributed by atoms with van der Waals surface area (Å²) in [7, 11) is -3.59. The third-order valence-electron chi connectivity index (χ3n) is 4.62. The summed E-state index contributed by atoms with van der Waals surface area (Å²) in [4.78, 5) is 14.7. The number of hydrogen-bond acceptors (Lipinski definition) is 4. The Balaban J connectivity index is 1.89. The number of nitrogens with one attached hydrogen (secondary N) is 1. The molecule has 0 spiro atoms. The van der Waals surface area contributed by atoms with Crippen LogP contribution in [-0.2, 0) is 14.8 Å². The smallest absolute Gasteiger partial charge is 0.240 e. The Bertz CT molecular complexity index is 718. The molecule has 0 radical (unpaired) electrons. The van der Waals surface area contributed by atoms with Crippen LogP contribution in [0.15, 0.2) is 18.2 Å². The predicted molar refractivity (Wildman–Crippen MR) is 106 cm³/mol. The lowest BCUT2D eigenvalue weighted by Crippen LogP contribution is -2.41. The number of halogens is 1. The van der Waals surface area contributed by atoms with E-state index in [0.717, 1.165) is 36.6 Å². The number of amides is 1. The molecule has 0 bridgehead atoms. The molecule has 1 heterocycles. The molecule has 0 unspecified atom stereocenters. The molecule has 0 saturated carbocycles. The normalized spacial score (nSPS) is 15.7. The maximum atomic E-state index is 12.3. The van der Waals surface area contributed by atoms with Crippen LogP contribution in [0.4, 0.5) is 5.69 Å². The molecule has 1 N–H and O–H groups in total. The van der Waals surface area contributed by atoms with Gasteiger partial charge in [0.15, 0.2) is 0 Å². The van der Waals surface area contributed by atoms with Gasteiger partial charge in [-0.25, -0.2) is 8.42 Å². The van der Waals surface area contributed by atoms with E-state index in [4.69, 9.17) is 11.6 Å². The number of likely N-dealkylation sites (tertiary alicyclic amines) is 1. The molecule has 1 amide bonds. The van der Waals surface area contributed by atoms with E-state index in [2.05, 4.69) is 10.2 Å². The molecule has 0 aliphatic carbocycles. The molecule has 2 rings (SSSR count). The molecule has 1 aromatic carbocycles. The fourth-order valence-electron chi connectivity index (χ4n) is 3.15. The highest BCUT2D eigenvalue weighted by Crippen LogP contribution is 2.27. The Labute approximate surface area is 161 Å². The molecule has 1 aromatic rings. The summed E-state index contributed by atoms with van der Waals surface area (Å²) in [6.45, 7) is 5.26. The van der Waals surface area contributed by atoms with Gasteiger partial charge in [0.1, 0.15) is 6.54 Å². The fourth-order valence-corrected chi connectivity index (χ4v) is 4.22. The van der Waals surface area contributed by atoms with Crippen molar-refractivity contribution in [2.24, 2.45) is 0 Å². The van der Waals surface area contributed by atoms with E-state index in [-0.39, 0.29) is 12.5 Å². The van der Waals surface area contributed by atoms with Crippen LogP contribution in [-0.4, -0.2) is 58.2 Å². The van der Waals surface area contributed by atoms with E-state index in [0.29, 0.717) is 22.8 Å². The molecule has 146 valence electrons. The Hall–Kier alpha value is -1.31. The quantitative estimate of drug-likeness (QED) is 0.679. The first-order chi connectivity index (χ1) is 12.3. The third-order valence-corrected chi connectivity index (χ3v) is 6.15. The number of benzene rings is 1.